The Morgan fingerprint density at radius 2 is 1.79 bits per heavy atom. The second-order valence-corrected chi connectivity index (χ2v) is 7.94. The summed E-state index contributed by atoms with van der Waals surface area (Å²) in [5.41, 5.74) is -0.208. The van der Waals surface area contributed by atoms with E-state index in [0.29, 0.717) is 19.4 Å². The molecule has 19 heavy (non-hydrogen) atoms. The normalized spacial score (nSPS) is 13.9. The zero-order valence-electron chi connectivity index (χ0n) is 11.9. The van der Waals surface area contributed by atoms with Crippen molar-refractivity contribution in [3.63, 3.8) is 0 Å². The first-order valence-corrected chi connectivity index (χ1v) is 8.09. The lowest BCUT2D eigenvalue weighted by Gasteiger charge is -2.24. The third-order valence-electron chi connectivity index (χ3n) is 3.13. The Labute approximate surface area is 114 Å². The van der Waals surface area contributed by atoms with Crippen LogP contribution < -0.4 is 5.32 Å². The molecule has 0 radical (unpaired) electrons. The zero-order chi connectivity index (χ0) is 15.3. The number of hydrogen-bond acceptors (Lipinski definition) is 4. The van der Waals surface area contributed by atoms with Crippen molar-refractivity contribution in [2.45, 2.75) is 45.3 Å². The monoisotopic (exact) mass is 293 g/mol. The molecule has 1 atom stereocenters. The Bertz CT molecular complexity index is 427. The molecule has 0 bridgehead atoms. The van der Waals surface area contributed by atoms with Gasteiger partial charge in [-0.25, -0.2) is 8.42 Å². The number of carbonyl (C=O) groups excluding carboxylic acids is 1. The van der Waals surface area contributed by atoms with Crippen molar-refractivity contribution in [3.8, 4) is 0 Å². The average Bonchev–Trinajstić information content (AvgIpc) is 2.24. The number of aliphatic carboxylic acids is 1. The molecule has 0 aromatic carbocycles. The highest BCUT2D eigenvalue weighted by Gasteiger charge is 2.24. The maximum Gasteiger partial charge on any atom is 0.303 e. The van der Waals surface area contributed by atoms with Gasteiger partial charge < -0.3 is 10.4 Å². The molecular formula is C12H23NO5S. The van der Waals surface area contributed by atoms with Crippen LogP contribution in [-0.4, -0.2) is 43.5 Å². The van der Waals surface area contributed by atoms with Gasteiger partial charge in [-0.3, -0.25) is 9.59 Å². The van der Waals surface area contributed by atoms with Crippen LogP contribution >= 0.6 is 0 Å². The summed E-state index contributed by atoms with van der Waals surface area (Å²) in [6.45, 7) is 5.52. The van der Waals surface area contributed by atoms with Gasteiger partial charge in [0.15, 0.2) is 9.84 Å². The molecule has 1 unspecified atom stereocenters. The molecule has 2 N–H and O–H groups in total. The lowest BCUT2D eigenvalue weighted by molar-refractivity contribution is -0.137. The number of carboxylic acid groups (broad SMARTS) is 1. The van der Waals surface area contributed by atoms with Gasteiger partial charge in [0, 0.05) is 19.2 Å². The molecule has 0 fully saturated rings. The summed E-state index contributed by atoms with van der Waals surface area (Å²) in [7, 11) is -3.38. The minimum absolute atomic E-state index is 0.0840. The van der Waals surface area contributed by atoms with E-state index in [2.05, 4.69) is 5.32 Å². The standard InChI is InChI=1S/C12H23NO5S/c1-9(19(4,17)18)11(16)13-8-7-12(2,3)6-5-10(14)15/h9H,5-8H2,1-4H3,(H,13,16)(H,14,15). The van der Waals surface area contributed by atoms with E-state index in [4.69, 9.17) is 5.11 Å². The highest BCUT2D eigenvalue weighted by Crippen LogP contribution is 2.25. The number of carbonyl (C=O) groups is 2. The first-order valence-electron chi connectivity index (χ1n) is 6.14. The minimum atomic E-state index is -3.38. The molecule has 0 saturated carbocycles. The Morgan fingerprint density at radius 3 is 2.21 bits per heavy atom. The van der Waals surface area contributed by atoms with Gasteiger partial charge in [0.2, 0.25) is 5.91 Å². The number of nitrogens with one attached hydrogen (secondary N) is 1. The minimum Gasteiger partial charge on any atom is -0.481 e. The van der Waals surface area contributed by atoms with Crippen molar-refractivity contribution in [1.82, 2.24) is 5.32 Å². The summed E-state index contributed by atoms with van der Waals surface area (Å²) in [6.07, 6.45) is 2.22. The molecule has 0 aliphatic rings. The second kappa shape index (κ2) is 6.88. The summed E-state index contributed by atoms with van der Waals surface area (Å²) in [5.74, 6) is -1.36. The summed E-state index contributed by atoms with van der Waals surface area (Å²) in [5, 5.41) is 10.1. The predicted octanol–water partition coefficient (Wildman–Crippen LogP) is 0.817. The summed E-state index contributed by atoms with van der Waals surface area (Å²) < 4.78 is 22.4. The quantitative estimate of drug-likeness (QED) is 0.690. The molecule has 0 aromatic heterocycles. The van der Waals surface area contributed by atoms with Gasteiger partial charge in [-0.15, -0.1) is 0 Å². The van der Waals surface area contributed by atoms with Crippen LogP contribution in [0.2, 0.25) is 0 Å². The Balaban J connectivity index is 4.15. The molecule has 112 valence electrons. The number of hydrogen-bond donors (Lipinski definition) is 2. The third kappa shape index (κ3) is 7.81. The predicted molar refractivity (Wildman–Crippen MR) is 72.6 cm³/mol. The van der Waals surface area contributed by atoms with Crippen molar-refractivity contribution in [1.29, 1.82) is 0 Å². The van der Waals surface area contributed by atoms with Crippen LogP contribution in [0.3, 0.4) is 0 Å². The Morgan fingerprint density at radius 1 is 1.26 bits per heavy atom. The van der Waals surface area contributed by atoms with Gasteiger partial charge in [0.25, 0.3) is 0 Å². The largest absolute Gasteiger partial charge is 0.481 e. The van der Waals surface area contributed by atoms with Crippen LogP contribution in [0.1, 0.15) is 40.0 Å². The smallest absolute Gasteiger partial charge is 0.303 e. The summed E-state index contributed by atoms with van der Waals surface area (Å²) in [6, 6.07) is 0. The van der Waals surface area contributed by atoms with Crippen LogP contribution in [0.15, 0.2) is 0 Å². The highest BCUT2D eigenvalue weighted by atomic mass is 32.2. The molecule has 1 amide bonds. The topological polar surface area (TPSA) is 101 Å². The van der Waals surface area contributed by atoms with Crippen molar-refractivity contribution in [2.24, 2.45) is 5.41 Å². The van der Waals surface area contributed by atoms with Gasteiger partial charge in [0.1, 0.15) is 5.25 Å². The molecule has 0 aliphatic carbocycles. The molecule has 0 heterocycles. The fourth-order valence-electron chi connectivity index (χ4n) is 1.43. The molecule has 0 saturated heterocycles. The summed E-state index contributed by atoms with van der Waals surface area (Å²) in [4.78, 5) is 22.0. The fourth-order valence-corrected chi connectivity index (χ4v) is 1.90. The van der Waals surface area contributed by atoms with Crippen LogP contribution in [-0.2, 0) is 19.4 Å². The third-order valence-corrected chi connectivity index (χ3v) is 4.63. The van der Waals surface area contributed by atoms with Gasteiger partial charge in [0.05, 0.1) is 0 Å². The first-order chi connectivity index (χ1) is 8.46. The van der Waals surface area contributed by atoms with Crippen molar-refractivity contribution in [3.05, 3.63) is 0 Å². The van der Waals surface area contributed by atoms with E-state index in [0.717, 1.165) is 6.26 Å². The van der Waals surface area contributed by atoms with Crippen LogP contribution in [0.4, 0.5) is 0 Å². The zero-order valence-corrected chi connectivity index (χ0v) is 12.7. The Hall–Kier alpha value is -1.11. The number of rotatable bonds is 8. The molecule has 6 nitrogen and oxygen atoms in total. The van der Waals surface area contributed by atoms with E-state index in [-0.39, 0.29) is 11.8 Å². The molecule has 7 heteroatoms. The average molecular weight is 293 g/mol. The van der Waals surface area contributed by atoms with Gasteiger partial charge in [-0.2, -0.15) is 0 Å². The maximum atomic E-state index is 11.6. The van der Waals surface area contributed by atoms with Crippen molar-refractivity contribution >= 4 is 21.7 Å². The van der Waals surface area contributed by atoms with E-state index in [1.54, 1.807) is 0 Å². The lowest BCUT2D eigenvalue weighted by atomic mass is 9.84. The van der Waals surface area contributed by atoms with Crippen molar-refractivity contribution in [2.75, 3.05) is 12.8 Å². The molecule has 0 spiro atoms. The van der Waals surface area contributed by atoms with E-state index in [9.17, 15) is 18.0 Å². The number of sulfone groups is 1. The number of carboxylic acids is 1. The number of amides is 1. The molecule has 0 aromatic rings. The van der Waals surface area contributed by atoms with Crippen LogP contribution in [0, 0.1) is 5.41 Å². The van der Waals surface area contributed by atoms with Crippen molar-refractivity contribution < 1.29 is 23.1 Å². The fraction of sp³-hybridized carbons (Fsp3) is 0.833. The molecular weight excluding hydrogens is 270 g/mol. The maximum absolute atomic E-state index is 11.6. The van der Waals surface area contributed by atoms with E-state index in [1.165, 1.54) is 6.92 Å². The van der Waals surface area contributed by atoms with Gasteiger partial charge in [-0.1, -0.05) is 13.8 Å². The SMILES string of the molecule is CC(C(=O)NCCC(C)(C)CCC(=O)O)S(C)(=O)=O. The van der Waals surface area contributed by atoms with E-state index >= 15 is 0 Å². The highest BCUT2D eigenvalue weighted by molar-refractivity contribution is 7.92. The van der Waals surface area contributed by atoms with Gasteiger partial charge >= 0.3 is 5.97 Å². The lowest BCUT2D eigenvalue weighted by Crippen LogP contribution is -2.38. The second-order valence-electron chi connectivity index (χ2n) is 5.57. The van der Waals surface area contributed by atoms with E-state index < -0.39 is 27.0 Å². The Kier molecular flexibility index (Phi) is 6.48. The van der Waals surface area contributed by atoms with Gasteiger partial charge in [-0.05, 0) is 25.2 Å². The van der Waals surface area contributed by atoms with E-state index in [1.807, 2.05) is 13.8 Å². The summed E-state index contributed by atoms with van der Waals surface area (Å²) >= 11 is 0. The van der Waals surface area contributed by atoms with Crippen LogP contribution in [0.5, 0.6) is 0 Å². The molecule has 0 aliphatic heterocycles. The first kappa shape index (κ1) is 17.9. The van der Waals surface area contributed by atoms with Crippen LogP contribution in [0.25, 0.3) is 0 Å². The molecule has 0 rings (SSSR count).